The van der Waals surface area contributed by atoms with Crippen molar-refractivity contribution in [1.82, 2.24) is 14.3 Å². The molecule has 2 amide bonds. The molecule has 1 aliphatic rings. The van der Waals surface area contributed by atoms with Crippen LogP contribution in [0.4, 0.5) is 16.2 Å². The first-order valence-corrected chi connectivity index (χ1v) is 10.4. The van der Waals surface area contributed by atoms with Crippen LogP contribution in [0.15, 0.2) is 47.4 Å². The predicted octanol–water partition coefficient (Wildman–Crippen LogP) is 2.00. The fourth-order valence-corrected chi connectivity index (χ4v) is 3.60. The number of pyridine rings is 1. The minimum Gasteiger partial charge on any atom is -0.481 e. The average Bonchev–Trinajstić information content (AvgIpc) is 3.15. The van der Waals surface area contributed by atoms with Gasteiger partial charge >= 0.3 is 17.6 Å². The van der Waals surface area contributed by atoms with E-state index >= 15 is 0 Å². The van der Waals surface area contributed by atoms with Crippen LogP contribution in [0.2, 0.25) is 0 Å². The van der Waals surface area contributed by atoms with E-state index in [0.29, 0.717) is 24.5 Å². The first-order chi connectivity index (χ1) is 15.8. The summed E-state index contributed by atoms with van der Waals surface area (Å²) < 4.78 is 12.0. The molecule has 2 aromatic heterocycles. The lowest BCUT2D eigenvalue weighted by molar-refractivity contribution is 0.0588. The number of fused-ring (bicyclic) bond motifs is 1. The van der Waals surface area contributed by atoms with Gasteiger partial charge in [0.15, 0.2) is 11.3 Å². The maximum atomic E-state index is 13.5. The Hall–Kier alpha value is -4.08. The van der Waals surface area contributed by atoms with Gasteiger partial charge in [-0.05, 0) is 11.6 Å². The molecule has 0 N–H and O–H groups in total. The summed E-state index contributed by atoms with van der Waals surface area (Å²) >= 11 is 0. The van der Waals surface area contributed by atoms with E-state index in [2.05, 4.69) is 4.98 Å². The Balaban J connectivity index is 1.93. The molecule has 1 saturated heterocycles. The molecule has 1 aromatic carbocycles. The SMILES string of the molecule is COC(=O)c1nc2c(N3CCN(C)C3=O)cc(N(C)C)cn2c(=O)c1OCc1ccccc1. The summed E-state index contributed by atoms with van der Waals surface area (Å²) in [4.78, 5) is 48.2. The number of nitrogens with zero attached hydrogens (tertiary/aromatic N) is 5. The molecule has 1 aliphatic heterocycles. The number of urea groups is 1. The zero-order valence-corrected chi connectivity index (χ0v) is 18.9. The predicted molar refractivity (Wildman–Crippen MR) is 123 cm³/mol. The maximum absolute atomic E-state index is 13.5. The summed E-state index contributed by atoms with van der Waals surface area (Å²) in [5.74, 6) is -1.01. The summed E-state index contributed by atoms with van der Waals surface area (Å²) in [6.45, 7) is 1.03. The zero-order valence-electron chi connectivity index (χ0n) is 18.9. The van der Waals surface area contributed by atoms with Gasteiger partial charge in [0.25, 0.3) is 0 Å². The van der Waals surface area contributed by atoms with Gasteiger partial charge in [-0.25, -0.2) is 14.6 Å². The van der Waals surface area contributed by atoms with Crippen molar-refractivity contribution in [3.8, 4) is 5.75 Å². The number of esters is 1. The number of likely N-dealkylation sites (N-methyl/N-ethyl adjacent to an activating group) is 1. The molecule has 0 atom stereocenters. The summed E-state index contributed by atoms with van der Waals surface area (Å²) in [5.41, 5.74) is 1.29. The van der Waals surface area contributed by atoms with Gasteiger partial charge in [-0.3, -0.25) is 14.1 Å². The van der Waals surface area contributed by atoms with Crippen molar-refractivity contribution in [3.63, 3.8) is 0 Å². The van der Waals surface area contributed by atoms with E-state index in [9.17, 15) is 14.4 Å². The van der Waals surface area contributed by atoms with Crippen molar-refractivity contribution >= 4 is 29.0 Å². The van der Waals surface area contributed by atoms with Gasteiger partial charge in [-0.15, -0.1) is 0 Å². The number of benzene rings is 1. The van der Waals surface area contributed by atoms with E-state index in [1.807, 2.05) is 49.3 Å². The molecular weight excluding hydrogens is 426 g/mol. The average molecular weight is 451 g/mol. The number of ether oxygens (including phenoxy) is 2. The van der Waals surface area contributed by atoms with Crippen molar-refractivity contribution < 1.29 is 19.1 Å². The number of carbonyl (C=O) groups is 2. The Morgan fingerprint density at radius 2 is 1.88 bits per heavy atom. The summed E-state index contributed by atoms with van der Waals surface area (Å²) in [6.07, 6.45) is 1.61. The molecule has 3 heterocycles. The van der Waals surface area contributed by atoms with E-state index in [0.717, 1.165) is 5.56 Å². The van der Waals surface area contributed by atoms with E-state index in [1.165, 1.54) is 11.5 Å². The molecule has 0 unspecified atom stereocenters. The van der Waals surface area contributed by atoms with E-state index in [-0.39, 0.29) is 29.7 Å². The van der Waals surface area contributed by atoms with E-state index in [4.69, 9.17) is 9.47 Å². The molecule has 172 valence electrons. The standard InChI is InChI=1S/C23H25N5O5/c1-25(2)16-12-17(27-11-10-26(3)23(27)31)20-24-18(22(30)32-4)19(21(29)28(20)13-16)33-14-15-8-6-5-7-9-15/h5-9,12-13H,10-11,14H2,1-4H3. The van der Waals surface area contributed by atoms with Crippen molar-refractivity contribution in [1.29, 1.82) is 0 Å². The zero-order chi connectivity index (χ0) is 23.7. The van der Waals surface area contributed by atoms with Crippen LogP contribution in [0, 0.1) is 0 Å². The Labute approximate surface area is 190 Å². The minimum absolute atomic E-state index is 0.0729. The smallest absolute Gasteiger partial charge is 0.360 e. The number of hydrogen-bond acceptors (Lipinski definition) is 7. The third kappa shape index (κ3) is 4.07. The van der Waals surface area contributed by atoms with Gasteiger partial charge < -0.3 is 19.3 Å². The lowest BCUT2D eigenvalue weighted by atomic mass is 10.2. The second-order valence-electron chi connectivity index (χ2n) is 7.89. The normalized spacial score (nSPS) is 13.5. The number of rotatable bonds is 6. The third-order valence-electron chi connectivity index (χ3n) is 5.48. The number of anilines is 2. The van der Waals surface area contributed by atoms with Gasteiger partial charge in [-0.1, -0.05) is 30.3 Å². The summed E-state index contributed by atoms with van der Waals surface area (Å²) in [5, 5.41) is 0. The van der Waals surface area contributed by atoms with Crippen molar-refractivity contribution in [3.05, 3.63) is 64.2 Å². The van der Waals surface area contributed by atoms with Gasteiger partial charge in [0, 0.05) is 40.4 Å². The molecule has 10 heteroatoms. The fourth-order valence-electron chi connectivity index (χ4n) is 3.60. The van der Waals surface area contributed by atoms with E-state index in [1.54, 1.807) is 29.1 Å². The largest absolute Gasteiger partial charge is 0.481 e. The van der Waals surface area contributed by atoms with Crippen LogP contribution in [0.1, 0.15) is 16.1 Å². The van der Waals surface area contributed by atoms with E-state index < -0.39 is 11.5 Å². The van der Waals surface area contributed by atoms with Crippen molar-refractivity contribution in [2.45, 2.75) is 6.61 Å². The quantitative estimate of drug-likeness (QED) is 0.529. The Bertz CT molecular complexity index is 1270. The first kappa shape index (κ1) is 22.1. The molecule has 10 nitrogen and oxygen atoms in total. The second kappa shape index (κ2) is 8.81. The van der Waals surface area contributed by atoms with Gasteiger partial charge in [-0.2, -0.15) is 0 Å². The summed E-state index contributed by atoms with van der Waals surface area (Å²) in [6, 6.07) is 10.8. The lowest BCUT2D eigenvalue weighted by Crippen LogP contribution is -2.31. The molecule has 4 rings (SSSR count). The number of amides is 2. The van der Waals surface area contributed by atoms with Gasteiger partial charge in [0.05, 0.1) is 18.5 Å². The lowest BCUT2D eigenvalue weighted by Gasteiger charge is -2.22. The Morgan fingerprint density at radius 1 is 1.15 bits per heavy atom. The fraction of sp³-hybridized carbons (Fsp3) is 0.304. The summed E-state index contributed by atoms with van der Waals surface area (Å²) in [7, 11) is 6.57. The van der Waals surface area contributed by atoms with Crippen LogP contribution in [-0.4, -0.2) is 67.6 Å². The molecule has 0 bridgehead atoms. The second-order valence-corrected chi connectivity index (χ2v) is 7.89. The van der Waals surface area contributed by atoms with Gasteiger partial charge in [0.1, 0.15) is 6.61 Å². The Morgan fingerprint density at radius 3 is 2.48 bits per heavy atom. The molecule has 1 fully saturated rings. The number of carbonyl (C=O) groups excluding carboxylic acids is 2. The van der Waals surface area contributed by atoms with Crippen LogP contribution in [0.5, 0.6) is 5.75 Å². The topological polar surface area (TPSA) is 96.7 Å². The molecule has 0 spiro atoms. The van der Waals surface area contributed by atoms with Gasteiger partial charge in [0.2, 0.25) is 5.75 Å². The molecule has 0 radical (unpaired) electrons. The number of methoxy groups -OCH3 is 1. The molecular formula is C23H25N5O5. The van der Waals surface area contributed by atoms with Crippen molar-refractivity contribution in [2.24, 2.45) is 0 Å². The highest BCUT2D eigenvalue weighted by molar-refractivity contribution is 5.99. The number of hydrogen-bond donors (Lipinski definition) is 0. The molecule has 33 heavy (non-hydrogen) atoms. The first-order valence-electron chi connectivity index (χ1n) is 10.4. The molecule has 0 saturated carbocycles. The highest BCUT2D eigenvalue weighted by Crippen LogP contribution is 2.29. The highest BCUT2D eigenvalue weighted by atomic mass is 16.5. The van der Waals surface area contributed by atoms with Crippen molar-refractivity contribution in [2.75, 3.05) is 51.1 Å². The minimum atomic E-state index is -0.801. The monoisotopic (exact) mass is 451 g/mol. The Kier molecular flexibility index (Phi) is 5.91. The highest BCUT2D eigenvalue weighted by Gasteiger charge is 2.31. The maximum Gasteiger partial charge on any atom is 0.360 e. The molecule has 3 aromatic rings. The van der Waals surface area contributed by atoms with Crippen LogP contribution < -0.4 is 20.1 Å². The number of aromatic nitrogens is 2. The molecule has 0 aliphatic carbocycles. The van der Waals surface area contributed by atoms with Crippen LogP contribution >= 0.6 is 0 Å². The van der Waals surface area contributed by atoms with Crippen LogP contribution in [0.3, 0.4) is 0 Å². The third-order valence-corrected chi connectivity index (χ3v) is 5.48. The van der Waals surface area contributed by atoms with Crippen LogP contribution in [-0.2, 0) is 11.3 Å². The van der Waals surface area contributed by atoms with Crippen LogP contribution in [0.25, 0.3) is 5.65 Å².